The van der Waals surface area contributed by atoms with Crippen molar-refractivity contribution in [1.29, 1.82) is 0 Å². The van der Waals surface area contributed by atoms with E-state index in [4.69, 9.17) is 9.84 Å². The van der Waals surface area contributed by atoms with Crippen molar-refractivity contribution in [1.82, 2.24) is 4.90 Å². The smallest absolute Gasteiger partial charge is 0.417 e. The first-order valence-electron chi connectivity index (χ1n) is 8.96. The molecule has 1 aliphatic rings. The van der Waals surface area contributed by atoms with E-state index in [-0.39, 0.29) is 30.6 Å². The minimum Gasteiger partial charge on any atom is -0.484 e. The Kier molecular flexibility index (Phi) is 6.59. The standard InChI is InChI=1S/C20H20F3NO4S/c21-20(22,23)17-3-1-2-4-18(17)29(27)16-9-10-24(11-16)19(26)13-28-15-7-5-14(12-25)6-8-15/h1-8,16,25H,9-13H2/t16-,29+/m0/s1. The maximum absolute atomic E-state index is 13.2. The molecule has 2 aromatic rings. The zero-order valence-corrected chi connectivity index (χ0v) is 16.2. The monoisotopic (exact) mass is 427 g/mol. The van der Waals surface area contributed by atoms with Crippen LogP contribution in [0, 0.1) is 0 Å². The van der Waals surface area contributed by atoms with Crippen LogP contribution in [0.4, 0.5) is 13.2 Å². The third kappa shape index (κ3) is 5.16. The molecular formula is C20H20F3NO4S. The van der Waals surface area contributed by atoms with Crippen molar-refractivity contribution in [3.05, 3.63) is 59.7 Å². The van der Waals surface area contributed by atoms with Crippen molar-refractivity contribution in [3.63, 3.8) is 0 Å². The second-order valence-electron chi connectivity index (χ2n) is 6.63. The summed E-state index contributed by atoms with van der Waals surface area (Å²) in [5, 5.41) is 8.45. The Morgan fingerprint density at radius 1 is 1.17 bits per heavy atom. The van der Waals surface area contributed by atoms with Crippen LogP contribution in [0.2, 0.25) is 0 Å². The van der Waals surface area contributed by atoms with Gasteiger partial charge in [0.1, 0.15) is 5.75 Å². The lowest BCUT2D eigenvalue weighted by Gasteiger charge is -2.18. The first-order valence-corrected chi connectivity index (χ1v) is 10.2. The summed E-state index contributed by atoms with van der Waals surface area (Å²) in [6.07, 6.45) is -4.23. The molecule has 0 aromatic heterocycles. The summed E-state index contributed by atoms with van der Waals surface area (Å²) in [6, 6.07) is 11.4. The summed E-state index contributed by atoms with van der Waals surface area (Å²) in [5.41, 5.74) is -0.189. The Labute approximate surface area is 168 Å². The number of hydrogen-bond acceptors (Lipinski definition) is 4. The quantitative estimate of drug-likeness (QED) is 0.770. The van der Waals surface area contributed by atoms with Crippen LogP contribution in [-0.2, 0) is 28.4 Å². The molecule has 1 amide bonds. The van der Waals surface area contributed by atoms with Gasteiger partial charge in [0.2, 0.25) is 0 Å². The molecule has 1 N–H and O–H groups in total. The fourth-order valence-corrected chi connectivity index (χ4v) is 4.72. The molecule has 9 heteroatoms. The van der Waals surface area contributed by atoms with Crippen LogP contribution in [-0.4, -0.2) is 45.1 Å². The molecule has 1 saturated heterocycles. The van der Waals surface area contributed by atoms with Crippen molar-refractivity contribution in [2.75, 3.05) is 19.7 Å². The Balaban J connectivity index is 1.59. The highest BCUT2D eigenvalue weighted by molar-refractivity contribution is 7.85. The normalized spacial score (nSPS) is 17.9. The maximum atomic E-state index is 13.2. The van der Waals surface area contributed by atoms with Gasteiger partial charge in [-0.2, -0.15) is 13.2 Å². The van der Waals surface area contributed by atoms with Crippen LogP contribution in [0.15, 0.2) is 53.4 Å². The Morgan fingerprint density at radius 2 is 1.86 bits per heavy atom. The van der Waals surface area contributed by atoms with Crippen molar-refractivity contribution < 1.29 is 32.0 Å². The van der Waals surface area contributed by atoms with Crippen LogP contribution in [0.1, 0.15) is 17.5 Å². The molecule has 29 heavy (non-hydrogen) atoms. The van der Waals surface area contributed by atoms with E-state index in [0.717, 1.165) is 6.07 Å². The molecule has 1 fully saturated rings. The van der Waals surface area contributed by atoms with Gasteiger partial charge in [0.15, 0.2) is 6.61 Å². The van der Waals surface area contributed by atoms with Gasteiger partial charge in [-0.15, -0.1) is 0 Å². The van der Waals surface area contributed by atoms with E-state index >= 15 is 0 Å². The minimum atomic E-state index is -4.58. The number of carbonyl (C=O) groups is 1. The highest BCUT2D eigenvalue weighted by Crippen LogP contribution is 2.35. The fraction of sp³-hybridized carbons (Fsp3) is 0.350. The zero-order chi connectivity index (χ0) is 21.0. The molecule has 2 aromatic carbocycles. The van der Waals surface area contributed by atoms with E-state index in [1.165, 1.54) is 23.1 Å². The molecule has 0 spiro atoms. The molecule has 156 valence electrons. The molecule has 3 rings (SSSR count). The van der Waals surface area contributed by atoms with E-state index < -0.39 is 27.8 Å². The molecule has 0 saturated carbocycles. The van der Waals surface area contributed by atoms with Gasteiger partial charge in [-0.1, -0.05) is 24.3 Å². The number of aliphatic hydroxyl groups is 1. The van der Waals surface area contributed by atoms with Gasteiger partial charge >= 0.3 is 6.18 Å². The molecule has 5 nitrogen and oxygen atoms in total. The lowest BCUT2D eigenvalue weighted by Crippen LogP contribution is -2.34. The van der Waals surface area contributed by atoms with Gasteiger partial charge in [0.25, 0.3) is 5.91 Å². The number of ether oxygens (including phenoxy) is 1. The second-order valence-corrected chi connectivity index (χ2v) is 8.33. The number of nitrogens with zero attached hydrogens (tertiary/aromatic N) is 1. The van der Waals surface area contributed by atoms with Crippen molar-refractivity contribution >= 4 is 16.7 Å². The Bertz CT molecular complexity index is 886. The first-order chi connectivity index (χ1) is 13.8. The molecule has 1 heterocycles. The van der Waals surface area contributed by atoms with Gasteiger partial charge in [-0.05, 0) is 36.2 Å². The lowest BCUT2D eigenvalue weighted by molar-refractivity contribution is -0.139. The lowest BCUT2D eigenvalue weighted by atomic mass is 10.2. The average molecular weight is 427 g/mol. The zero-order valence-electron chi connectivity index (χ0n) is 15.4. The number of aliphatic hydroxyl groups excluding tert-OH is 1. The topological polar surface area (TPSA) is 66.8 Å². The molecule has 1 aliphatic heterocycles. The predicted molar refractivity (Wildman–Crippen MR) is 101 cm³/mol. The van der Waals surface area contributed by atoms with Gasteiger partial charge in [0.05, 0.1) is 33.1 Å². The second kappa shape index (κ2) is 8.96. The first kappa shape index (κ1) is 21.3. The molecule has 0 unspecified atom stereocenters. The van der Waals surface area contributed by atoms with E-state index in [2.05, 4.69) is 0 Å². The fourth-order valence-electron chi connectivity index (χ4n) is 3.11. The van der Waals surface area contributed by atoms with Crippen molar-refractivity contribution in [2.45, 2.75) is 29.3 Å². The van der Waals surface area contributed by atoms with E-state index in [9.17, 15) is 22.2 Å². The highest BCUT2D eigenvalue weighted by atomic mass is 32.2. The van der Waals surface area contributed by atoms with Gasteiger partial charge < -0.3 is 14.7 Å². The summed E-state index contributed by atoms with van der Waals surface area (Å²) in [4.78, 5) is 13.6. The van der Waals surface area contributed by atoms with E-state index in [0.29, 0.717) is 24.3 Å². The van der Waals surface area contributed by atoms with Crippen molar-refractivity contribution in [3.8, 4) is 5.75 Å². The summed E-state index contributed by atoms with van der Waals surface area (Å²) in [7, 11) is -1.88. The third-order valence-electron chi connectivity index (χ3n) is 4.68. The SMILES string of the molecule is O=C(COc1ccc(CO)cc1)N1CC[C@H]([S@@](=O)c2ccccc2C(F)(F)F)C1. The molecule has 0 radical (unpaired) electrons. The Morgan fingerprint density at radius 3 is 2.52 bits per heavy atom. The minimum absolute atomic E-state index is 0.0943. The maximum Gasteiger partial charge on any atom is 0.417 e. The average Bonchev–Trinajstić information content (AvgIpc) is 3.21. The number of rotatable bonds is 6. The number of halogens is 3. The summed E-state index contributed by atoms with van der Waals surface area (Å²) in [5.74, 6) is 0.147. The number of hydrogen-bond donors (Lipinski definition) is 1. The van der Waals surface area contributed by atoms with Crippen LogP contribution < -0.4 is 4.74 Å². The van der Waals surface area contributed by atoms with Gasteiger partial charge in [0, 0.05) is 13.1 Å². The predicted octanol–water partition coefficient (Wildman–Crippen LogP) is 2.99. The number of likely N-dealkylation sites (tertiary alicyclic amines) is 1. The van der Waals surface area contributed by atoms with Crippen LogP contribution in [0.3, 0.4) is 0 Å². The number of alkyl halides is 3. The largest absolute Gasteiger partial charge is 0.484 e. The number of amides is 1. The van der Waals surface area contributed by atoms with Crippen molar-refractivity contribution in [2.24, 2.45) is 0 Å². The van der Waals surface area contributed by atoms with E-state index in [1.54, 1.807) is 24.3 Å². The van der Waals surface area contributed by atoms with Crippen LogP contribution in [0.5, 0.6) is 5.75 Å². The number of carbonyl (C=O) groups excluding carboxylic acids is 1. The van der Waals surface area contributed by atoms with Crippen LogP contribution in [0.25, 0.3) is 0 Å². The Hall–Kier alpha value is -2.39. The molecule has 0 bridgehead atoms. The summed E-state index contributed by atoms with van der Waals surface area (Å²) < 4.78 is 57.7. The number of benzene rings is 2. The third-order valence-corrected chi connectivity index (χ3v) is 6.46. The highest BCUT2D eigenvalue weighted by Gasteiger charge is 2.38. The molecular weight excluding hydrogens is 407 g/mol. The summed E-state index contributed by atoms with van der Waals surface area (Å²) in [6.45, 7) is 0.112. The van der Waals surface area contributed by atoms with Gasteiger partial charge in [-0.3, -0.25) is 9.00 Å². The molecule has 0 aliphatic carbocycles. The molecule has 2 atom stereocenters. The van der Waals surface area contributed by atoms with Gasteiger partial charge in [-0.25, -0.2) is 0 Å². The van der Waals surface area contributed by atoms with E-state index in [1.807, 2.05) is 0 Å². The summed E-state index contributed by atoms with van der Waals surface area (Å²) >= 11 is 0. The van der Waals surface area contributed by atoms with Crippen LogP contribution >= 0.6 is 0 Å².